The van der Waals surface area contributed by atoms with Crippen molar-refractivity contribution in [1.29, 1.82) is 0 Å². The highest BCUT2D eigenvalue weighted by atomic mass is 35.5. The number of carbonyl (C=O) groups excluding carboxylic acids is 1. The molecule has 1 nitrogen and oxygen atoms in total. The number of aryl methyl sites for hydroxylation is 1. The van der Waals surface area contributed by atoms with Gasteiger partial charge < -0.3 is 0 Å². The van der Waals surface area contributed by atoms with Gasteiger partial charge in [0.15, 0.2) is 0 Å². The van der Waals surface area contributed by atoms with Gasteiger partial charge in [-0.2, -0.15) is 0 Å². The molecule has 0 atom stereocenters. The van der Waals surface area contributed by atoms with Crippen molar-refractivity contribution in [3.8, 4) is 0 Å². The topological polar surface area (TPSA) is 17.1 Å². The Morgan fingerprint density at radius 3 is 2.68 bits per heavy atom. The summed E-state index contributed by atoms with van der Waals surface area (Å²) in [5.74, 6) is -0.346. The van der Waals surface area contributed by atoms with Gasteiger partial charge >= 0.3 is 0 Å². The van der Waals surface area contributed by atoms with Crippen LogP contribution in [0.3, 0.4) is 0 Å². The molecule has 2 rings (SSSR count). The Hall–Kier alpha value is -1.67. The van der Waals surface area contributed by atoms with Crippen LogP contribution in [-0.2, 0) is 17.6 Å². The molecule has 0 fully saturated rings. The Morgan fingerprint density at radius 1 is 1.16 bits per heavy atom. The number of halogens is 2. The maximum absolute atomic E-state index is 13.1. The minimum atomic E-state index is -0.372. The van der Waals surface area contributed by atoms with Gasteiger partial charge in [0.2, 0.25) is 0 Å². The van der Waals surface area contributed by atoms with Gasteiger partial charge in [-0.15, -0.1) is 0 Å². The zero-order valence-electron chi connectivity index (χ0n) is 10.6. The number of hydrogen-bond donors (Lipinski definition) is 0. The van der Waals surface area contributed by atoms with Crippen molar-refractivity contribution in [2.75, 3.05) is 0 Å². The van der Waals surface area contributed by atoms with E-state index in [1.165, 1.54) is 18.2 Å². The van der Waals surface area contributed by atoms with Crippen LogP contribution < -0.4 is 0 Å². The summed E-state index contributed by atoms with van der Waals surface area (Å²) in [6, 6.07) is 11.9. The summed E-state index contributed by atoms with van der Waals surface area (Å²) in [7, 11) is 0. The average Bonchev–Trinajstić information content (AvgIpc) is 2.34. The highest BCUT2D eigenvalue weighted by molar-refractivity contribution is 6.31. The zero-order valence-corrected chi connectivity index (χ0v) is 11.4. The second-order valence-corrected chi connectivity index (χ2v) is 5.02. The fourth-order valence-corrected chi connectivity index (χ4v) is 2.19. The van der Waals surface area contributed by atoms with Crippen molar-refractivity contribution in [2.45, 2.75) is 19.8 Å². The van der Waals surface area contributed by atoms with Crippen LogP contribution in [0.5, 0.6) is 0 Å². The molecule has 2 aromatic carbocycles. The molecule has 0 spiro atoms. The van der Waals surface area contributed by atoms with E-state index in [0.29, 0.717) is 17.0 Å². The van der Waals surface area contributed by atoms with E-state index in [1.807, 2.05) is 31.2 Å². The van der Waals surface area contributed by atoms with E-state index < -0.39 is 0 Å². The molecule has 0 amide bonds. The van der Waals surface area contributed by atoms with Crippen LogP contribution in [0.1, 0.15) is 16.7 Å². The molecule has 0 N–H and O–H groups in total. The second kappa shape index (κ2) is 5.98. The summed E-state index contributed by atoms with van der Waals surface area (Å²) in [5.41, 5.74) is 2.63. The highest BCUT2D eigenvalue weighted by Gasteiger charge is 2.09. The first-order valence-electron chi connectivity index (χ1n) is 6.06. The van der Waals surface area contributed by atoms with E-state index in [-0.39, 0.29) is 18.0 Å². The largest absolute Gasteiger partial charge is 0.299 e. The third-order valence-electron chi connectivity index (χ3n) is 2.88. The monoisotopic (exact) mass is 276 g/mol. The van der Waals surface area contributed by atoms with Gasteiger partial charge in [0, 0.05) is 17.9 Å². The van der Waals surface area contributed by atoms with Crippen molar-refractivity contribution < 1.29 is 9.18 Å². The smallest absolute Gasteiger partial charge is 0.141 e. The van der Waals surface area contributed by atoms with Crippen LogP contribution in [0.2, 0.25) is 5.02 Å². The lowest BCUT2D eigenvalue weighted by atomic mass is 10.0. The molecule has 0 unspecified atom stereocenters. The van der Waals surface area contributed by atoms with Gasteiger partial charge in [0.05, 0.1) is 0 Å². The van der Waals surface area contributed by atoms with E-state index in [9.17, 15) is 9.18 Å². The maximum Gasteiger partial charge on any atom is 0.141 e. The Bertz CT molecular complexity index is 607. The fraction of sp³-hybridized carbons (Fsp3) is 0.188. The number of benzene rings is 2. The highest BCUT2D eigenvalue weighted by Crippen LogP contribution is 2.18. The van der Waals surface area contributed by atoms with Crippen LogP contribution in [0.25, 0.3) is 0 Å². The molecule has 0 saturated heterocycles. The number of ketones is 1. The Morgan fingerprint density at radius 2 is 1.95 bits per heavy atom. The second-order valence-electron chi connectivity index (χ2n) is 4.62. The van der Waals surface area contributed by atoms with Crippen molar-refractivity contribution in [2.24, 2.45) is 0 Å². The molecular weight excluding hydrogens is 263 g/mol. The molecule has 0 saturated carbocycles. The van der Waals surface area contributed by atoms with Crippen LogP contribution >= 0.6 is 11.6 Å². The van der Waals surface area contributed by atoms with E-state index in [2.05, 4.69) is 0 Å². The van der Waals surface area contributed by atoms with Gasteiger partial charge in [-0.1, -0.05) is 41.4 Å². The molecule has 0 bridgehead atoms. The summed E-state index contributed by atoms with van der Waals surface area (Å²) < 4.78 is 13.1. The predicted octanol–water partition coefficient (Wildman–Crippen LogP) is 4.14. The van der Waals surface area contributed by atoms with Crippen molar-refractivity contribution in [1.82, 2.24) is 0 Å². The molecule has 0 radical (unpaired) electrons. The first kappa shape index (κ1) is 13.8. The first-order chi connectivity index (χ1) is 9.04. The maximum atomic E-state index is 13.1. The summed E-state index contributed by atoms with van der Waals surface area (Å²) in [6.07, 6.45) is 0.499. The average molecular weight is 277 g/mol. The van der Waals surface area contributed by atoms with E-state index in [0.717, 1.165) is 11.1 Å². The minimum Gasteiger partial charge on any atom is -0.299 e. The molecule has 0 aromatic heterocycles. The summed E-state index contributed by atoms with van der Waals surface area (Å²) in [6.45, 7) is 1.98. The van der Waals surface area contributed by atoms with Crippen molar-refractivity contribution in [3.05, 3.63) is 70.0 Å². The lowest BCUT2D eigenvalue weighted by molar-refractivity contribution is -0.117. The Kier molecular flexibility index (Phi) is 4.33. The quantitative estimate of drug-likeness (QED) is 0.820. The summed E-state index contributed by atoms with van der Waals surface area (Å²) in [4.78, 5) is 12.0. The minimum absolute atomic E-state index is 0.0260. The molecule has 0 aliphatic carbocycles. The molecule has 2 aromatic rings. The molecule has 0 aliphatic heterocycles. The van der Waals surface area contributed by atoms with Crippen LogP contribution in [-0.4, -0.2) is 5.78 Å². The SMILES string of the molecule is Cc1cccc(CC(=O)Cc2cc(F)ccc2Cl)c1. The number of Topliss-reactive ketones (excluding diaryl/α,β-unsaturated/α-hetero) is 1. The van der Waals surface area contributed by atoms with Gasteiger partial charge in [-0.3, -0.25) is 4.79 Å². The van der Waals surface area contributed by atoms with E-state index >= 15 is 0 Å². The van der Waals surface area contributed by atoms with Gasteiger partial charge in [-0.05, 0) is 36.2 Å². The summed E-state index contributed by atoms with van der Waals surface area (Å²) >= 11 is 5.95. The number of rotatable bonds is 4. The van der Waals surface area contributed by atoms with Gasteiger partial charge in [0.1, 0.15) is 11.6 Å². The lowest BCUT2D eigenvalue weighted by Crippen LogP contribution is -2.07. The third-order valence-corrected chi connectivity index (χ3v) is 3.25. The van der Waals surface area contributed by atoms with Gasteiger partial charge in [0.25, 0.3) is 0 Å². The zero-order chi connectivity index (χ0) is 13.8. The van der Waals surface area contributed by atoms with Crippen LogP contribution in [0.4, 0.5) is 4.39 Å². The normalized spacial score (nSPS) is 10.5. The van der Waals surface area contributed by atoms with Crippen LogP contribution in [0, 0.1) is 12.7 Å². The Labute approximate surface area is 117 Å². The number of hydrogen-bond acceptors (Lipinski definition) is 1. The molecule has 98 valence electrons. The van der Waals surface area contributed by atoms with E-state index in [4.69, 9.17) is 11.6 Å². The summed E-state index contributed by atoms with van der Waals surface area (Å²) in [5, 5.41) is 0.430. The molecule has 0 aliphatic rings. The fourth-order valence-electron chi connectivity index (χ4n) is 2.00. The van der Waals surface area contributed by atoms with E-state index in [1.54, 1.807) is 0 Å². The molecule has 19 heavy (non-hydrogen) atoms. The first-order valence-corrected chi connectivity index (χ1v) is 6.43. The van der Waals surface area contributed by atoms with Crippen LogP contribution in [0.15, 0.2) is 42.5 Å². The van der Waals surface area contributed by atoms with Crippen molar-refractivity contribution in [3.63, 3.8) is 0 Å². The predicted molar refractivity (Wildman–Crippen MR) is 75.0 cm³/mol. The van der Waals surface area contributed by atoms with Crippen molar-refractivity contribution >= 4 is 17.4 Å². The standard InChI is InChI=1S/C16H14ClFO/c1-11-3-2-4-12(7-11)8-15(19)10-13-9-14(18)5-6-16(13)17/h2-7,9H,8,10H2,1H3. The van der Waals surface area contributed by atoms with Gasteiger partial charge in [-0.25, -0.2) is 4.39 Å². The third kappa shape index (κ3) is 3.90. The number of carbonyl (C=O) groups is 1. The molecular formula is C16H14ClFO. The Balaban J connectivity index is 2.07. The lowest BCUT2D eigenvalue weighted by Gasteiger charge is -2.05. The molecule has 3 heteroatoms. The molecule has 0 heterocycles.